The minimum Gasteiger partial charge on any atom is -0.341 e. The average molecular weight is 275 g/mol. The molecule has 20 heavy (non-hydrogen) atoms. The lowest BCUT2D eigenvalue weighted by Gasteiger charge is -2.20. The van der Waals surface area contributed by atoms with Gasteiger partial charge in [-0.1, -0.05) is 13.8 Å². The van der Waals surface area contributed by atoms with Gasteiger partial charge in [0.05, 0.1) is 0 Å². The van der Waals surface area contributed by atoms with Crippen molar-refractivity contribution in [1.82, 2.24) is 10.2 Å². The molecule has 1 fully saturated rings. The summed E-state index contributed by atoms with van der Waals surface area (Å²) in [5, 5.41) is 2.76. The third-order valence-electron chi connectivity index (χ3n) is 3.27. The lowest BCUT2D eigenvalue weighted by Crippen LogP contribution is -2.30. The van der Waals surface area contributed by atoms with Gasteiger partial charge in [-0.05, 0) is 30.2 Å². The van der Waals surface area contributed by atoms with E-state index in [-0.39, 0.29) is 11.9 Å². The van der Waals surface area contributed by atoms with Gasteiger partial charge in [0.1, 0.15) is 0 Å². The summed E-state index contributed by atoms with van der Waals surface area (Å²) in [7, 11) is 1.81. The Hall–Kier alpha value is -2.04. The van der Waals surface area contributed by atoms with E-state index in [1.807, 2.05) is 19.2 Å². The number of hydrogen-bond acceptors (Lipinski definition) is 2. The van der Waals surface area contributed by atoms with E-state index < -0.39 is 0 Å². The predicted octanol–water partition coefficient (Wildman–Crippen LogP) is 1.94. The Morgan fingerprint density at radius 2 is 2.00 bits per heavy atom. The molecule has 0 radical (unpaired) electrons. The lowest BCUT2D eigenvalue weighted by molar-refractivity contribution is 0.0779. The third-order valence-corrected chi connectivity index (χ3v) is 3.27. The fourth-order valence-electron chi connectivity index (χ4n) is 2.35. The minimum absolute atomic E-state index is 0.0103. The number of benzene rings is 1. The van der Waals surface area contributed by atoms with Crippen LogP contribution >= 0.6 is 0 Å². The Kier molecular flexibility index (Phi) is 4.27. The highest BCUT2D eigenvalue weighted by Gasteiger charge is 2.21. The minimum atomic E-state index is -0.0824. The van der Waals surface area contributed by atoms with E-state index >= 15 is 0 Å². The average Bonchev–Trinajstić information content (AvgIpc) is 2.83. The highest BCUT2D eigenvalue weighted by molar-refractivity contribution is 5.96. The van der Waals surface area contributed by atoms with Crippen molar-refractivity contribution in [2.45, 2.75) is 13.8 Å². The van der Waals surface area contributed by atoms with Crippen molar-refractivity contribution < 1.29 is 9.59 Å². The zero-order chi connectivity index (χ0) is 14.7. The van der Waals surface area contributed by atoms with Crippen molar-refractivity contribution in [2.24, 2.45) is 5.92 Å². The predicted molar refractivity (Wildman–Crippen MR) is 79.0 cm³/mol. The molecule has 0 aliphatic carbocycles. The van der Waals surface area contributed by atoms with Gasteiger partial charge in [0.15, 0.2) is 0 Å². The molecule has 1 aromatic carbocycles. The number of hydrogen-bond donors (Lipinski definition) is 1. The van der Waals surface area contributed by atoms with E-state index in [1.54, 1.807) is 21.9 Å². The molecule has 1 N–H and O–H groups in total. The molecule has 5 heteroatoms. The van der Waals surface area contributed by atoms with E-state index in [9.17, 15) is 9.59 Å². The molecule has 0 aromatic heterocycles. The molecule has 0 spiro atoms. The molecule has 1 aliphatic rings. The Morgan fingerprint density at radius 1 is 1.35 bits per heavy atom. The van der Waals surface area contributed by atoms with Gasteiger partial charge in [0.2, 0.25) is 0 Å². The summed E-state index contributed by atoms with van der Waals surface area (Å²) in [5.74, 6) is 0.452. The van der Waals surface area contributed by atoms with Gasteiger partial charge in [0, 0.05) is 37.9 Å². The van der Waals surface area contributed by atoms with Gasteiger partial charge in [-0.25, -0.2) is 4.79 Å². The van der Waals surface area contributed by atoms with Crippen LogP contribution in [0, 0.1) is 5.92 Å². The second-order valence-electron chi connectivity index (χ2n) is 5.51. The first kappa shape index (κ1) is 14.4. The summed E-state index contributed by atoms with van der Waals surface area (Å²) in [6.45, 7) is 6.23. The number of rotatable bonds is 4. The number of urea groups is 1. The molecule has 1 heterocycles. The molecule has 108 valence electrons. The quantitative estimate of drug-likeness (QED) is 0.913. The maximum absolute atomic E-state index is 12.2. The molecule has 1 aromatic rings. The van der Waals surface area contributed by atoms with Gasteiger partial charge >= 0.3 is 6.03 Å². The number of amides is 3. The molecule has 5 nitrogen and oxygen atoms in total. The highest BCUT2D eigenvalue weighted by atomic mass is 16.2. The van der Waals surface area contributed by atoms with Crippen molar-refractivity contribution in [1.29, 1.82) is 0 Å². The summed E-state index contributed by atoms with van der Waals surface area (Å²) in [6.07, 6.45) is 0. The van der Waals surface area contributed by atoms with Gasteiger partial charge in [-0.2, -0.15) is 0 Å². The SMILES string of the molecule is CC(C)CN(C)C(=O)c1ccc(N2CCNC2=O)cc1. The number of nitrogens with zero attached hydrogens (tertiary/aromatic N) is 2. The van der Waals surface area contributed by atoms with Gasteiger partial charge in [-0.15, -0.1) is 0 Å². The normalized spacial score (nSPS) is 14.6. The zero-order valence-electron chi connectivity index (χ0n) is 12.2. The summed E-state index contributed by atoms with van der Waals surface area (Å²) in [5.41, 5.74) is 1.47. The Bertz CT molecular complexity index is 496. The van der Waals surface area contributed by atoms with E-state index in [1.165, 1.54) is 0 Å². The first-order valence-corrected chi connectivity index (χ1v) is 6.90. The van der Waals surface area contributed by atoms with Crippen molar-refractivity contribution in [2.75, 3.05) is 31.6 Å². The molecule has 1 aliphatic heterocycles. The maximum Gasteiger partial charge on any atom is 0.321 e. The van der Waals surface area contributed by atoms with Crippen molar-refractivity contribution in [3.63, 3.8) is 0 Å². The van der Waals surface area contributed by atoms with Gasteiger partial charge < -0.3 is 10.2 Å². The van der Waals surface area contributed by atoms with Crippen molar-refractivity contribution in [3.05, 3.63) is 29.8 Å². The van der Waals surface area contributed by atoms with Crippen molar-refractivity contribution in [3.8, 4) is 0 Å². The van der Waals surface area contributed by atoms with E-state index in [0.717, 1.165) is 12.2 Å². The Labute approximate surface area is 119 Å². The molecular weight excluding hydrogens is 254 g/mol. The van der Waals surface area contributed by atoms with Crippen LogP contribution in [0.4, 0.5) is 10.5 Å². The summed E-state index contributed by atoms with van der Waals surface area (Å²) in [4.78, 5) is 27.2. The first-order valence-electron chi connectivity index (χ1n) is 6.90. The number of anilines is 1. The zero-order valence-corrected chi connectivity index (χ0v) is 12.2. The van der Waals surface area contributed by atoms with Gasteiger partial charge in [0.25, 0.3) is 5.91 Å². The van der Waals surface area contributed by atoms with Crippen LogP contribution in [0.2, 0.25) is 0 Å². The molecule has 0 saturated carbocycles. The molecule has 2 rings (SSSR count). The lowest BCUT2D eigenvalue weighted by atomic mass is 10.1. The molecule has 0 unspecified atom stereocenters. The largest absolute Gasteiger partial charge is 0.341 e. The van der Waals surface area contributed by atoms with Crippen LogP contribution in [0.3, 0.4) is 0 Å². The summed E-state index contributed by atoms with van der Waals surface area (Å²) in [6, 6.07) is 7.11. The number of carbonyl (C=O) groups excluding carboxylic acids is 2. The second-order valence-corrected chi connectivity index (χ2v) is 5.51. The molecule has 3 amide bonds. The van der Waals surface area contributed by atoms with E-state index in [0.29, 0.717) is 24.6 Å². The van der Waals surface area contributed by atoms with Crippen LogP contribution in [-0.2, 0) is 0 Å². The first-order chi connectivity index (χ1) is 9.49. The third kappa shape index (κ3) is 3.10. The summed E-state index contributed by atoms with van der Waals surface area (Å²) >= 11 is 0. The van der Waals surface area contributed by atoms with Crippen LogP contribution in [0.15, 0.2) is 24.3 Å². The topological polar surface area (TPSA) is 52.7 Å². The van der Waals surface area contributed by atoms with Crippen LogP contribution in [-0.4, -0.2) is 43.5 Å². The van der Waals surface area contributed by atoms with E-state index in [4.69, 9.17) is 0 Å². The molecule has 0 bridgehead atoms. The highest BCUT2D eigenvalue weighted by Crippen LogP contribution is 2.18. The number of nitrogens with one attached hydrogen (secondary N) is 1. The number of carbonyl (C=O) groups is 2. The maximum atomic E-state index is 12.2. The summed E-state index contributed by atoms with van der Waals surface area (Å²) < 4.78 is 0. The van der Waals surface area contributed by atoms with Crippen LogP contribution in [0.5, 0.6) is 0 Å². The van der Waals surface area contributed by atoms with E-state index in [2.05, 4.69) is 19.2 Å². The Balaban J connectivity index is 2.08. The van der Waals surface area contributed by atoms with Gasteiger partial charge in [-0.3, -0.25) is 9.69 Å². The van der Waals surface area contributed by atoms with Crippen LogP contribution in [0.1, 0.15) is 24.2 Å². The molecule has 1 saturated heterocycles. The fraction of sp³-hybridized carbons (Fsp3) is 0.467. The monoisotopic (exact) mass is 275 g/mol. The Morgan fingerprint density at radius 3 is 2.50 bits per heavy atom. The smallest absolute Gasteiger partial charge is 0.321 e. The van der Waals surface area contributed by atoms with Crippen LogP contribution in [0.25, 0.3) is 0 Å². The second kappa shape index (κ2) is 5.94. The van der Waals surface area contributed by atoms with Crippen molar-refractivity contribution >= 4 is 17.6 Å². The molecular formula is C15H21N3O2. The van der Waals surface area contributed by atoms with Crippen LogP contribution < -0.4 is 10.2 Å². The fourth-order valence-corrected chi connectivity index (χ4v) is 2.35. The molecule has 0 atom stereocenters. The standard InChI is InChI=1S/C15H21N3O2/c1-11(2)10-17(3)14(19)12-4-6-13(7-5-12)18-9-8-16-15(18)20/h4-7,11H,8-10H2,1-3H3,(H,16,20).